The maximum atomic E-state index is 10.7. The molecule has 17 heavy (non-hydrogen) atoms. The van der Waals surface area contributed by atoms with Crippen molar-refractivity contribution in [1.29, 1.82) is 0 Å². The highest BCUT2D eigenvalue weighted by Gasteiger charge is 2.43. The molecule has 2 heteroatoms. The van der Waals surface area contributed by atoms with Crippen molar-refractivity contribution in [2.45, 2.75) is 51.7 Å². The lowest BCUT2D eigenvalue weighted by molar-refractivity contribution is 0.00861. The molecule has 0 saturated heterocycles. The Labute approximate surface area is 104 Å². The fourth-order valence-corrected chi connectivity index (χ4v) is 2.40. The number of ether oxygens (including phenoxy) is 1. The van der Waals surface area contributed by atoms with Gasteiger partial charge in [0.25, 0.3) is 0 Å². The highest BCUT2D eigenvalue weighted by Crippen LogP contribution is 2.48. The Morgan fingerprint density at radius 3 is 2.65 bits per heavy atom. The molecule has 1 aliphatic rings. The molecule has 0 radical (unpaired) electrons. The van der Waals surface area contributed by atoms with Crippen molar-refractivity contribution < 1.29 is 9.84 Å². The summed E-state index contributed by atoms with van der Waals surface area (Å²) < 4.78 is 5.68. The summed E-state index contributed by atoms with van der Waals surface area (Å²) in [7, 11) is 0. The molecule has 0 bridgehead atoms. The minimum Gasteiger partial charge on any atom is -0.491 e. The highest BCUT2D eigenvalue weighted by atomic mass is 16.5. The fourth-order valence-electron chi connectivity index (χ4n) is 2.40. The molecule has 1 atom stereocenters. The van der Waals surface area contributed by atoms with Crippen molar-refractivity contribution >= 4 is 0 Å². The molecule has 1 unspecified atom stereocenters. The molecule has 94 valence electrons. The minimum atomic E-state index is -0.656. The molecule has 0 aromatic heterocycles. The largest absolute Gasteiger partial charge is 0.491 e. The van der Waals surface area contributed by atoms with E-state index in [-0.39, 0.29) is 6.10 Å². The van der Waals surface area contributed by atoms with Gasteiger partial charge in [0.2, 0.25) is 0 Å². The first kappa shape index (κ1) is 12.4. The molecule has 1 aromatic carbocycles. The zero-order valence-corrected chi connectivity index (χ0v) is 10.9. The van der Waals surface area contributed by atoms with E-state index in [2.05, 4.69) is 0 Å². The molecule has 2 rings (SSSR count). The number of aliphatic hydroxyl groups is 1. The van der Waals surface area contributed by atoms with E-state index in [0.29, 0.717) is 5.92 Å². The van der Waals surface area contributed by atoms with Crippen molar-refractivity contribution in [1.82, 2.24) is 0 Å². The summed E-state index contributed by atoms with van der Waals surface area (Å²) in [6.45, 7) is 6.08. The maximum absolute atomic E-state index is 10.7. The van der Waals surface area contributed by atoms with Crippen LogP contribution in [0.5, 0.6) is 5.75 Å². The topological polar surface area (TPSA) is 29.5 Å². The van der Waals surface area contributed by atoms with Crippen LogP contribution in [-0.4, -0.2) is 11.2 Å². The molecular weight excluding hydrogens is 212 g/mol. The van der Waals surface area contributed by atoms with Crippen molar-refractivity contribution in [3.8, 4) is 5.75 Å². The van der Waals surface area contributed by atoms with Gasteiger partial charge in [-0.15, -0.1) is 0 Å². The third-order valence-electron chi connectivity index (χ3n) is 3.50. The van der Waals surface area contributed by atoms with E-state index in [1.807, 2.05) is 45.0 Å². The molecule has 0 spiro atoms. The maximum Gasteiger partial charge on any atom is 0.120 e. The Balaban J connectivity index is 2.25. The molecular formula is C15H22O2. The van der Waals surface area contributed by atoms with E-state index >= 15 is 0 Å². The molecule has 0 heterocycles. The Bertz CT molecular complexity index is 382. The molecule has 0 aliphatic heterocycles. The van der Waals surface area contributed by atoms with Crippen LogP contribution in [0.15, 0.2) is 24.3 Å². The summed E-state index contributed by atoms with van der Waals surface area (Å²) in [5, 5.41) is 10.7. The molecule has 1 saturated carbocycles. The van der Waals surface area contributed by atoms with Gasteiger partial charge < -0.3 is 9.84 Å². The predicted molar refractivity (Wildman–Crippen MR) is 69.1 cm³/mol. The number of hydrogen-bond acceptors (Lipinski definition) is 2. The summed E-state index contributed by atoms with van der Waals surface area (Å²) in [5.74, 6) is 1.28. The van der Waals surface area contributed by atoms with Crippen molar-refractivity contribution in [3.05, 3.63) is 29.8 Å². The lowest BCUT2D eigenvalue weighted by Crippen LogP contribution is -2.27. The zero-order chi connectivity index (χ0) is 12.5. The predicted octanol–water partition coefficient (Wildman–Crippen LogP) is 3.48. The summed E-state index contributed by atoms with van der Waals surface area (Å²) in [6.07, 6.45) is 3.21. The van der Waals surface area contributed by atoms with Gasteiger partial charge in [0.1, 0.15) is 5.75 Å². The Morgan fingerprint density at radius 1 is 1.41 bits per heavy atom. The summed E-state index contributed by atoms with van der Waals surface area (Å²) in [5.41, 5.74) is 0.344. The van der Waals surface area contributed by atoms with Crippen LogP contribution in [0, 0.1) is 5.92 Å². The summed E-state index contributed by atoms with van der Waals surface area (Å²) in [4.78, 5) is 0. The van der Waals surface area contributed by atoms with E-state index < -0.39 is 5.60 Å². The van der Waals surface area contributed by atoms with Gasteiger partial charge in [0.15, 0.2) is 0 Å². The van der Waals surface area contributed by atoms with Crippen LogP contribution in [-0.2, 0) is 5.60 Å². The van der Waals surface area contributed by atoms with Gasteiger partial charge in [-0.05, 0) is 56.7 Å². The third kappa shape index (κ3) is 2.63. The molecule has 2 nitrogen and oxygen atoms in total. The Hall–Kier alpha value is -1.02. The average molecular weight is 234 g/mol. The molecule has 1 aliphatic carbocycles. The second-order valence-electron chi connectivity index (χ2n) is 5.25. The van der Waals surface area contributed by atoms with Crippen LogP contribution < -0.4 is 4.74 Å². The quantitative estimate of drug-likeness (QED) is 0.845. The van der Waals surface area contributed by atoms with E-state index in [1.54, 1.807) is 0 Å². The van der Waals surface area contributed by atoms with Crippen LogP contribution in [0.4, 0.5) is 0 Å². The Morgan fingerprint density at radius 2 is 2.12 bits per heavy atom. The zero-order valence-electron chi connectivity index (χ0n) is 10.9. The van der Waals surface area contributed by atoms with E-state index in [1.165, 1.54) is 0 Å². The normalized spacial score (nSPS) is 19.1. The average Bonchev–Trinajstić information content (AvgIpc) is 3.11. The monoisotopic (exact) mass is 234 g/mol. The van der Waals surface area contributed by atoms with Crippen LogP contribution >= 0.6 is 0 Å². The third-order valence-corrected chi connectivity index (χ3v) is 3.50. The summed E-state index contributed by atoms with van der Waals surface area (Å²) >= 11 is 0. The van der Waals surface area contributed by atoms with Crippen molar-refractivity contribution in [3.63, 3.8) is 0 Å². The first-order valence-corrected chi connectivity index (χ1v) is 6.56. The second-order valence-corrected chi connectivity index (χ2v) is 5.25. The second kappa shape index (κ2) is 4.69. The lowest BCUT2D eigenvalue weighted by Gasteiger charge is -2.28. The first-order chi connectivity index (χ1) is 8.06. The van der Waals surface area contributed by atoms with Gasteiger partial charge >= 0.3 is 0 Å². The number of rotatable bonds is 5. The van der Waals surface area contributed by atoms with Crippen LogP contribution in [0.3, 0.4) is 0 Å². The van der Waals surface area contributed by atoms with Gasteiger partial charge in [-0.1, -0.05) is 19.1 Å². The SMILES string of the molecule is CCC(O)(c1cccc(OC(C)C)c1)C1CC1. The summed E-state index contributed by atoms with van der Waals surface area (Å²) in [6, 6.07) is 7.92. The van der Waals surface area contributed by atoms with Gasteiger partial charge in [0.05, 0.1) is 11.7 Å². The van der Waals surface area contributed by atoms with Crippen LogP contribution in [0.2, 0.25) is 0 Å². The smallest absolute Gasteiger partial charge is 0.120 e. The van der Waals surface area contributed by atoms with Crippen molar-refractivity contribution in [2.24, 2.45) is 5.92 Å². The van der Waals surface area contributed by atoms with Crippen LogP contribution in [0.25, 0.3) is 0 Å². The van der Waals surface area contributed by atoms with Gasteiger partial charge in [0, 0.05) is 0 Å². The Kier molecular flexibility index (Phi) is 3.43. The molecule has 1 N–H and O–H groups in total. The number of hydrogen-bond donors (Lipinski definition) is 1. The van der Waals surface area contributed by atoms with Crippen LogP contribution in [0.1, 0.15) is 45.6 Å². The van der Waals surface area contributed by atoms with Gasteiger partial charge in [-0.3, -0.25) is 0 Å². The standard InChI is InChI=1S/C15H22O2/c1-4-15(16,12-8-9-12)13-6-5-7-14(10-13)17-11(2)3/h5-7,10-12,16H,4,8-9H2,1-3H3. The first-order valence-electron chi connectivity index (χ1n) is 6.56. The minimum absolute atomic E-state index is 0.167. The van der Waals surface area contributed by atoms with E-state index in [0.717, 1.165) is 30.6 Å². The van der Waals surface area contributed by atoms with E-state index in [9.17, 15) is 5.11 Å². The highest BCUT2D eigenvalue weighted by molar-refractivity contribution is 5.33. The molecule has 1 aromatic rings. The fraction of sp³-hybridized carbons (Fsp3) is 0.600. The number of benzene rings is 1. The van der Waals surface area contributed by atoms with Gasteiger partial charge in [-0.2, -0.15) is 0 Å². The van der Waals surface area contributed by atoms with E-state index in [4.69, 9.17) is 4.74 Å². The van der Waals surface area contributed by atoms with Crippen molar-refractivity contribution in [2.75, 3.05) is 0 Å². The lowest BCUT2D eigenvalue weighted by atomic mass is 9.86. The molecule has 1 fully saturated rings. The molecule has 0 amide bonds. The van der Waals surface area contributed by atoms with Gasteiger partial charge in [-0.25, -0.2) is 0 Å².